The second-order valence-corrected chi connectivity index (χ2v) is 7.11. The van der Waals surface area contributed by atoms with Gasteiger partial charge in [-0.3, -0.25) is 0 Å². The van der Waals surface area contributed by atoms with Gasteiger partial charge in [-0.05, 0) is 38.1 Å². The van der Waals surface area contributed by atoms with Crippen molar-refractivity contribution in [2.24, 2.45) is 0 Å². The molecule has 4 rings (SSSR count). The van der Waals surface area contributed by atoms with E-state index in [1.54, 1.807) is 12.1 Å². The number of fused-ring (bicyclic) bond motifs is 1. The third kappa shape index (κ3) is 4.20. The molecule has 0 unspecified atom stereocenters. The Balaban J connectivity index is 1.71. The van der Waals surface area contributed by atoms with Crippen LogP contribution in [0, 0.1) is 11.3 Å². The monoisotopic (exact) mass is 389 g/mol. The number of piperazine rings is 1. The number of nitrogens with zero attached hydrogens (tertiary/aromatic N) is 5. The molecule has 0 atom stereocenters. The van der Waals surface area contributed by atoms with E-state index in [-0.39, 0.29) is 6.10 Å². The predicted octanol–water partition coefficient (Wildman–Crippen LogP) is 2.84. The molecule has 1 aromatic carbocycles. The van der Waals surface area contributed by atoms with Gasteiger partial charge in [0.15, 0.2) is 5.82 Å². The molecular formula is C21H23N7O. The number of nitriles is 1. The average molecular weight is 389 g/mol. The van der Waals surface area contributed by atoms with Crippen LogP contribution in [0.2, 0.25) is 0 Å². The van der Waals surface area contributed by atoms with Gasteiger partial charge < -0.3 is 20.3 Å². The van der Waals surface area contributed by atoms with Gasteiger partial charge in [0.05, 0.1) is 28.9 Å². The fraction of sp³-hybridized carbons (Fsp3) is 0.333. The highest BCUT2D eigenvalue weighted by Crippen LogP contribution is 2.31. The van der Waals surface area contributed by atoms with Crippen molar-refractivity contribution in [2.75, 3.05) is 36.4 Å². The molecule has 8 nitrogen and oxygen atoms in total. The van der Waals surface area contributed by atoms with E-state index in [2.05, 4.69) is 31.6 Å². The molecular weight excluding hydrogens is 366 g/mol. The highest BCUT2D eigenvalue weighted by Gasteiger charge is 2.15. The van der Waals surface area contributed by atoms with Gasteiger partial charge in [-0.25, -0.2) is 15.0 Å². The minimum absolute atomic E-state index is 0.0240. The molecule has 1 aliphatic heterocycles. The van der Waals surface area contributed by atoms with Crippen LogP contribution in [0.1, 0.15) is 19.4 Å². The van der Waals surface area contributed by atoms with Crippen molar-refractivity contribution in [2.45, 2.75) is 20.0 Å². The number of anilines is 3. The highest BCUT2D eigenvalue weighted by atomic mass is 16.5. The third-order valence-electron chi connectivity index (χ3n) is 4.63. The lowest BCUT2D eigenvalue weighted by Gasteiger charge is -2.28. The van der Waals surface area contributed by atoms with Crippen LogP contribution in [0.4, 0.5) is 17.3 Å². The summed E-state index contributed by atoms with van der Waals surface area (Å²) in [5, 5.41) is 15.9. The first-order valence-corrected chi connectivity index (χ1v) is 9.69. The van der Waals surface area contributed by atoms with E-state index < -0.39 is 0 Å². The summed E-state index contributed by atoms with van der Waals surface area (Å²) in [6.07, 6.45) is 1.49. The Bertz CT molecular complexity index is 1050. The zero-order valence-electron chi connectivity index (χ0n) is 16.5. The summed E-state index contributed by atoms with van der Waals surface area (Å²) >= 11 is 0. The van der Waals surface area contributed by atoms with Crippen LogP contribution in [0.3, 0.4) is 0 Å². The first kappa shape index (κ1) is 18.9. The normalized spacial score (nSPS) is 14.1. The molecule has 0 amide bonds. The molecule has 29 heavy (non-hydrogen) atoms. The molecule has 1 saturated heterocycles. The topological polar surface area (TPSA) is 99.0 Å². The molecule has 2 N–H and O–H groups in total. The standard InChI is InChI=1S/C21H23N7O/c1-14(2)29-18-11-15(12-22)3-4-16(18)26-21-20-17(24-13-25-21)5-6-19(27-20)28-9-7-23-8-10-28/h3-6,11,13-14,23H,7-10H2,1-2H3,(H,24,25,26). The lowest BCUT2D eigenvalue weighted by Crippen LogP contribution is -2.43. The SMILES string of the molecule is CC(C)Oc1cc(C#N)ccc1Nc1ncnc2ccc(N3CCNCC3)nc12. The summed E-state index contributed by atoms with van der Waals surface area (Å²) in [6, 6.07) is 11.4. The molecule has 0 bridgehead atoms. The van der Waals surface area contributed by atoms with Gasteiger partial charge in [0.2, 0.25) is 0 Å². The van der Waals surface area contributed by atoms with E-state index in [0.29, 0.717) is 22.6 Å². The van der Waals surface area contributed by atoms with Gasteiger partial charge in [0.25, 0.3) is 0 Å². The summed E-state index contributed by atoms with van der Waals surface area (Å²) in [5.74, 6) is 2.12. The number of aromatic nitrogens is 3. The van der Waals surface area contributed by atoms with Gasteiger partial charge in [0.1, 0.15) is 23.4 Å². The number of hydrogen-bond acceptors (Lipinski definition) is 8. The Hall–Kier alpha value is -3.44. The first-order valence-electron chi connectivity index (χ1n) is 9.69. The number of ether oxygens (including phenoxy) is 1. The van der Waals surface area contributed by atoms with E-state index in [1.165, 1.54) is 6.33 Å². The molecule has 3 aromatic rings. The van der Waals surface area contributed by atoms with Gasteiger partial charge in [-0.2, -0.15) is 5.26 Å². The second kappa shape index (κ2) is 8.29. The van der Waals surface area contributed by atoms with Crippen LogP contribution >= 0.6 is 0 Å². The minimum Gasteiger partial charge on any atom is -0.489 e. The predicted molar refractivity (Wildman–Crippen MR) is 113 cm³/mol. The number of hydrogen-bond donors (Lipinski definition) is 2. The second-order valence-electron chi connectivity index (χ2n) is 7.11. The van der Waals surface area contributed by atoms with E-state index >= 15 is 0 Å². The molecule has 148 valence electrons. The van der Waals surface area contributed by atoms with Crippen LogP contribution in [0.5, 0.6) is 5.75 Å². The Morgan fingerprint density at radius 2 is 2.00 bits per heavy atom. The van der Waals surface area contributed by atoms with Crippen LogP contribution in [0.25, 0.3) is 11.0 Å². The highest BCUT2D eigenvalue weighted by molar-refractivity contribution is 5.88. The fourth-order valence-corrected chi connectivity index (χ4v) is 3.27. The van der Waals surface area contributed by atoms with Crippen molar-refractivity contribution in [3.8, 4) is 11.8 Å². The number of rotatable bonds is 5. The van der Waals surface area contributed by atoms with Crippen molar-refractivity contribution in [1.82, 2.24) is 20.3 Å². The quantitative estimate of drug-likeness (QED) is 0.687. The van der Waals surface area contributed by atoms with Gasteiger partial charge >= 0.3 is 0 Å². The van der Waals surface area contributed by atoms with E-state index in [9.17, 15) is 5.26 Å². The molecule has 3 heterocycles. The van der Waals surface area contributed by atoms with Crippen molar-refractivity contribution in [3.05, 3.63) is 42.2 Å². The van der Waals surface area contributed by atoms with Crippen molar-refractivity contribution in [1.29, 1.82) is 5.26 Å². The largest absolute Gasteiger partial charge is 0.489 e. The van der Waals surface area contributed by atoms with Crippen LogP contribution in [-0.2, 0) is 0 Å². The van der Waals surface area contributed by atoms with Gasteiger partial charge in [-0.1, -0.05) is 0 Å². The summed E-state index contributed by atoms with van der Waals surface area (Å²) in [6.45, 7) is 7.61. The molecule has 0 saturated carbocycles. The van der Waals surface area contributed by atoms with Crippen LogP contribution < -0.4 is 20.3 Å². The maximum Gasteiger partial charge on any atom is 0.160 e. The molecule has 8 heteroatoms. The maximum absolute atomic E-state index is 9.21. The Morgan fingerprint density at radius 1 is 1.17 bits per heavy atom. The molecule has 0 aliphatic carbocycles. The first-order chi connectivity index (χ1) is 14.1. The summed E-state index contributed by atoms with van der Waals surface area (Å²) in [7, 11) is 0. The van der Waals surface area contributed by atoms with E-state index in [4.69, 9.17) is 9.72 Å². The van der Waals surface area contributed by atoms with Crippen LogP contribution in [0.15, 0.2) is 36.7 Å². The lowest BCUT2D eigenvalue weighted by atomic mass is 10.2. The number of nitrogens with one attached hydrogen (secondary N) is 2. The minimum atomic E-state index is -0.0240. The third-order valence-corrected chi connectivity index (χ3v) is 4.63. The number of benzene rings is 1. The summed E-state index contributed by atoms with van der Waals surface area (Å²) in [4.78, 5) is 15.9. The van der Waals surface area contributed by atoms with Crippen molar-refractivity contribution in [3.63, 3.8) is 0 Å². The Morgan fingerprint density at radius 3 is 2.76 bits per heavy atom. The summed E-state index contributed by atoms with van der Waals surface area (Å²) in [5.41, 5.74) is 2.73. The number of pyridine rings is 1. The molecule has 2 aromatic heterocycles. The van der Waals surface area contributed by atoms with Gasteiger partial charge in [0, 0.05) is 32.2 Å². The summed E-state index contributed by atoms with van der Waals surface area (Å²) < 4.78 is 5.90. The van der Waals surface area contributed by atoms with Crippen molar-refractivity contribution < 1.29 is 4.74 Å². The van der Waals surface area contributed by atoms with E-state index in [1.807, 2.05) is 32.0 Å². The molecule has 1 fully saturated rings. The zero-order chi connectivity index (χ0) is 20.2. The van der Waals surface area contributed by atoms with Crippen molar-refractivity contribution >= 4 is 28.4 Å². The van der Waals surface area contributed by atoms with Gasteiger partial charge in [-0.15, -0.1) is 0 Å². The smallest absolute Gasteiger partial charge is 0.160 e. The fourth-order valence-electron chi connectivity index (χ4n) is 3.27. The molecule has 1 aliphatic rings. The zero-order valence-corrected chi connectivity index (χ0v) is 16.5. The molecule has 0 radical (unpaired) electrons. The maximum atomic E-state index is 9.21. The Kier molecular flexibility index (Phi) is 5.40. The Labute approximate surface area is 169 Å². The van der Waals surface area contributed by atoms with E-state index in [0.717, 1.165) is 43.2 Å². The average Bonchev–Trinajstić information content (AvgIpc) is 2.75. The molecule has 0 spiro atoms. The van der Waals surface area contributed by atoms with Crippen LogP contribution in [-0.4, -0.2) is 47.2 Å². The lowest BCUT2D eigenvalue weighted by molar-refractivity contribution is 0.243.